The number of hydrogen-bond donors (Lipinski definition) is 2. The van der Waals surface area contributed by atoms with Crippen molar-refractivity contribution in [1.29, 1.82) is 0 Å². The number of rotatable bonds is 3. The van der Waals surface area contributed by atoms with Crippen molar-refractivity contribution in [3.8, 4) is 0 Å². The van der Waals surface area contributed by atoms with E-state index in [4.69, 9.17) is 29.6 Å². The van der Waals surface area contributed by atoms with Crippen molar-refractivity contribution in [2.45, 2.75) is 19.8 Å². The second kappa shape index (κ2) is 4.27. The van der Waals surface area contributed by atoms with E-state index >= 15 is 0 Å². The molecule has 1 aliphatic carbocycles. The first-order valence-electron chi connectivity index (χ1n) is 5.34. The number of amides is 1. The van der Waals surface area contributed by atoms with Crippen LogP contribution < -0.4 is 11.1 Å². The quantitative estimate of drug-likeness (QED) is 0.829. The SMILES string of the molecule is Cc1cccc(NC(=O)C2(C(N)=S)CC2)c1Cl. The molecule has 17 heavy (non-hydrogen) atoms. The van der Waals surface area contributed by atoms with E-state index in [9.17, 15) is 4.79 Å². The van der Waals surface area contributed by atoms with Gasteiger partial charge in [-0.05, 0) is 31.4 Å². The van der Waals surface area contributed by atoms with Gasteiger partial charge in [-0.25, -0.2) is 0 Å². The molecule has 0 bridgehead atoms. The van der Waals surface area contributed by atoms with Crippen LogP contribution in [0, 0.1) is 12.3 Å². The lowest BCUT2D eigenvalue weighted by Crippen LogP contribution is -2.35. The van der Waals surface area contributed by atoms with Gasteiger partial charge in [0, 0.05) is 0 Å². The topological polar surface area (TPSA) is 55.1 Å². The van der Waals surface area contributed by atoms with E-state index in [-0.39, 0.29) is 10.9 Å². The fourth-order valence-electron chi connectivity index (χ4n) is 1.70. The molecule has 1 aromatic rings. The third-order valence-corrected chi connectivity index (χ3v) is 3.99. The summed E-state index contributed by atoms with van der Waals surface area (Å²) in [6.45, 7) is 1.89. The standard InChI is InChI=1S/C12H13ClN2OS/c1-7-3-2-4-8(9(7)13)15-11(16)12(5-6-12)10(14)17/h2-4H,5-6H2,1H3,(H2,14,17)(H,15,16). The lowest BCUT2D eigenvalue weighted by molar-refractivity contribution is -0.118. The highest BCUT2D eigenvalue weighted by Crippen LogP contribution is 2.47. The van der Waals surface area contributed by atoms with Crippen LogP contribution in [0.2, 0.25) is 5.02 Å². The van der Waals surface area contributed by atoms with Crippen LogP contribution in [0.3, 0.4) is 0 Å². The Morgan fingerprint density at radius 2 is 2.18 bits per heavy atom. The minimum absolute atomic E-state index is 0.155. The zero-order valence-electron chi connectivity index (χ0n) is 9.42. The van der Waals surface area contributed by atoms with Gasteiger partial charge in [0.15, 0.2) is 0 Å². The molecule has 0 heterocycles. The number of aryl methyl sites for hydroxylation is 1. The number of nitrogens with two attached hydrogens (primary N) is 1. The Bertz CT molecular complexity index is 497. The van der Waals surface area contributed by atoms with Crippen LogP contribution in [0.1, 0.15) is 18.4 Å². The number of benzene rings is 1. The zero-order chi connectivity index (χ0) is 12.6. The van der Waals surface area contributed by atoms with Crippen LogP contribution in [0.25, 0.3) is 0 Å². The summed E-state index contributed by atoms with van der Waals surface area (Å²) in [4.78, 5) is 12.3. The lowest BCUT2D eigenvalue weighted by atomic mass is 10.1. The Morgan fingerprint density at radius 3 is 2.71 bits per heavy atom. The lowest BCUT2D eigenvalue weighted by Gasteiger charge is -2.15. The van der Waals surface area contributed by atoms with E-state index in [1.165, 1.54) is 0 Å². The minimum Gasteiger partial charge on any atom is -0.392 e. The maximum absolute atomic E-state index is 12.1. The van der Waals surface area contributed by atoms with E-state index in [1.807, 2.05) is 19.1 Å². The van der Waals surface area contributed by atoms with Gasteiger partial charge in [-0.15, -0.1) is 0 Å². The summed E-state index contributed by atoms with van der Waals surface area (Å²) in [5.41, 5.74) is 6.47. The maximum Gasteiger partial charge on any atom is 0.237 e. The van der Waals surface area contributed by atoms with Gasteiger partial charge in [0.1, 0.15) is 0 Å². The zero-order valence-corrected chi connectivity index (χ0v) is 11.0. The van der Waals surface area contributed by atoms with Crippen LogP contribution in [0.5, 0.6) is 0 Å². The molecule has 0 radical (unpaired) electrons. The largest absolute Gasteiger partial charge is 0.392 e. The molecule has 90 valence electrons. The summed E-state index contributed by atoms with van der Waals surface area (Å²) in [6, 6.07) is 5.50. The maximum atomic E-state index is 12.1. The van der Waals surface area contributed by atoms with Crippen molar-refractivity contribution in [3.05, 3.63) is 28.8 Å². The van der Waals surface area contributed by atoms with E-state index in [2.05, 4.69) is 5.32 Å². The smallest absolute Gasteiger partial charge is 0.237 e. The van der Waals surface area contributed by atoms with Crippen LogP contribution in [-0.4, -0.2) is 10.9 Å². The number of anilines is 1. The first-order valence-corrected chi connectivity index (χ1v) is 6.12. The summed E-state index contributed by atoms with van der Waals surface area (Å²) >= 11 is 11.0. The predicted molar refractivity (Wildman–Crippen MR) is 73.3 cm³/mol. The number of carbonyl (C=O) groups is 1. The second-order valence-electron chi connectivity index (χ2n) is 4.34. The van der Waals surface area contributed by atoms with Crippen LogP contribution >= 0.6 is 23.8 Å². The molecule has 0 atom stereocenters. The normalized spacial score (nSPS) is 16.4. The molecule has 2 rings (SSSR count). The molecule has 0 aliphatic heterocycles. The predicted octanol–water partition coefficient (Wildman–Crippen LogP) is 2.65. The Kier molecular flexibility index (Phi) is 3.10. The van der Waals surface area contributed by atoms with E-state index in [1.54, 1.807) is 6.07 Å². The van der Waals surface area contributed by atoms with E-state index < -0.39 is 5.41 Å². The van der Waals surface area contributed by atoms with Crippen LogP contribution in [0.4, 0.5) is 5.69 Å². The Balaban J connectivity index is 2.20. The van der Waals surface area contributed by atoms with Gasteiger partial charge in [0.2, 0.25) is 5.91 Å². The van der Waals surface area contributed by atoms with Gasteiger partial charge < -0.3 is 11.1 Å². The third-order valence-electron chi connectivity index (χ3n) is 3.10. The highest BCUT2D eigenvalue weighted by Gasteiger charge is 2.52. The molecule has 5 heteroatoms. The van der Waals surface area contributed by atoms with Crippen molar-refractivity contribution in [2.75, 3.05) is 5.32 Å². The van der Waals surface area contributed by atoms with Gasteiger partial charge in [0.05, 0.1) is 21.1 Å². The molecule has 3 N–H and O–H groups in total. The Labute approximate surface area is 110 Å². The average molecular weight is 269 g/mol. The molecule has 1 aromatic carbocycles. The van der Waals surface area contributed by atoms with Crippen molar-refractivity contribution in [1.82, 2.24) is 0 Å². The van der Waals surface area contributed by atoms with Gasteiger partial charge >= 0.3 is 0 Å². The van der Waals surface area contributed by atoms with Gasteiger partial charge in [-0.1, -0.05) is 36.0 Å². The van der Waals surface area contributed by atoms with E-state index in [0.717, 1.165) is 18.4 Å². The fourth-order valence-corrected chi connectivity index (χ4v) is 2.17. The summed E-state index contributed by atoms with van der Waals surface area (Å²) in [5.74, 6) is -0.155. The minimum atomic E-state index is -0.650. The first kappa shape index (κ1) is 12.3. The van der Waals surface area contributed by atoms with Crippen LogP contribution in [-0.2, 0) is 4.79 Å². The highest BCUT2D eigenvalue weighted by molar-refractivity contribution is 7.80. The van der Waals surface area contributed by atoms with Gasteiger partial charge in [-0.3, -0.25) is 4.79 Å². The second-order valence-corrected chi connectivity index (χ2v) is 5.15. The average Bonchev–Trinajstić information content (AvgIpc) is 3.05. The summed E-state index contributed by atoms with van der Waals surface area (Å²) < 4.78 is 0. The summed E-state index contributed by atoms with van der Waals surface area (Å²) in [5, 5.41) is 3.35. The van der Waals surface area contributed by atoms with Crippen molar-refractivity contribution >= 4 is 40.4 Å². The Hall–Kier alpha value is -1.13. The number of hydrogen-bond acceptors (Lipinski definition) is 2. The molecule has 0 spiro atoms. The van der Waals surface area contributed by atoms with Crippen molar-refractivity contribution in [2.24, 2.45) is 11.1 Å². The molecule has 0 unspecified atom stereocenters. The molecule has 3 nitrogen and oxygen atoms in total. The first-order chi connectivity index (χ1) is 7.97. The molecule has 0 aromatic heterocycles. The van der Waals surface area contributed by atoms with Gasteiger partial charge in [0.25, 0.3) is 0 Å². The molecule has 1 aliphatic rings. The molecule has 1 amide bonds. The monoisotopic (exact) mass is 268 g/mol. The van der Waals surface area contributed by atoms with E-state index in [0.29, 0.717) is 10.7 Å². The number of thiocarbonyl (C=S) groups is 1. The third kappa shape index (κ3) is 2.15. The molecular weight excluding hydrogens is 256 g/mol. The number of carbonyl (C=O) groups excluding carboxylic acids is 1. The summed E-state index contributed by atoms with van der Waals surface area (Å²) in [7, 11) is 0. The fraction of sp³-hybridized carbons (Fsp3) is 0.333. The number of nitrogens with one attached hydrogen (secondary N) is 1. The summed E-state index contributed by atoms with van der Waals surface area (Å²) in [6.07, 6.45) is 1.44. The highest BCUT2D eigenvalue weighted by atomic mass is 35.5. The molecule has 1 saturated carbocycles. The van der Waals surface area contributed by atoms with Crippen molar-refractivity contribution < 1.29 is 4.79 Å². The van der Waals surface area contributed by atoms with Crippen LogP contribution in [0.15, 0.2) is 18.2 Å². The molecule has 0 saturated heterocycles. The molecular formula is C12H13ClN2OS. The van der Waals surface area contributed by atoms with Crippen molar-refractivity contribution in [3.63, 3.8) is 0 Å². The van der Waals surface area contributed by atoms with Gasteiger partial charge in [-0.2, -0.15) is 0 Å². The molecule has 1 fully saturated rings. The number of halogens is 1. The Morgan fingerprint density at radius 1 is 1.53 bits per heavy atom.